The van der Waals surface area contributed by atoms with Gasteiger partial charge < -0.3 is 21.5 Å². The average molecular weight is 263 g/mol. The highest BCUT2D eigenvalue weighted by molar-refractivity contribution is 5.99. The van der Waals surface area contributed by atoms with Crippen LogP contribution in [-0.4, -0.2) is 25.1 Å². The minimum absolute atomic E-state index is 0.142. The largest absolute Gasteiger partial charge is 0.497 e. The number of rotatable bonds is 3. The van der Waals surface area contributed by atoms with Gasteiger partial charge in [0.2, 0.25) is 0 Å². The summed E-state index contributed by atoms with van der Waals surface area (Å²) < 4.78 is 5.11. The van der Waals surface area contributed by atoms with E-state index in [1.165, 1.54) is 0 Å². The van der Waals surface area contributed by atoms with E-state index < -0.39 is 0 Å². The van der Waals surface area contributed by atoms with Gasteiger partial charge in [-0.2, -0.15) is 0 Å². The molecule has 0 aliphatic heterocycles. The topological polar surface area (TPSA) is 90.4 Å². The van der Waals surface area contributed by atoms with Crippen LogP contribution in [0.2, 0.25) is 0 Å². The Hall–Kier alpha value is -1.75. The van der Waals surface area contributed by atoms with E-state index in [0.717, 1.165) is 25.7 Å². The molecule has 1 aromatic carbocycles. The van der Waals surface area contributed by atoms with Gasteiger partial charge in [0.25, 0.3) is 5.91 Å². The van der Waals surface area contributed by atoms with Crippen molar-refractivity contribution in [1.29, 1.82) is 0 Å². The lowest BCUT2D eigenvalue weighted by Gasteiger charge is -2.27. The zero-order valence-corrected chi connectivity index (χ0v) is 11.2. The molecule has 0 unspecified atom stereocenters. The summed E-state index contributed by atoms with van der Waals surface area (Å²) in [7, 11) is 1.57. The van der Waals surface area contributed by atoms with Crippen LogP contribution in [0.15, 0.2) is 18.2 Å². The molecule has 0 bridgehead atoms. The maximum absolute atomic E-state index is 12.2. The average Bonchev–Trinajstić information content (AvgIpc) is 2.42. The van der Waals surface area contributed by atoms with Gasteiger partial charge in [0.15, 0.2) is 0 Å². The number of hydrogen-bond acceptors (Lipinski definition) is 4. The predicted octanol–water partition coefficient (Wildman–Crippen LogP) is 1.28. The zero-order chi connectivity index (χ0) is 13.8. The number of nitrogens with two attached hydrogens (primary N) is 2. The summed E-state index contributed by atoms with van der Waals surface area (Å²) in [4.78, 5) is 12.2. The Labute approximate surface area is 113 Å². The number of nitrogens with one attached hydrogen (secondary N) is 1. The molecule has 1 aliphatic rings. The van der Waals surface area contributed by atoms with E-state index in [4.69, 9.17) is 16.2 Å². The van der Waals surface area contributed by atoms with Crippen LogP contribution in [0.5, 0.6) is 5.75 Å². The second-order valence-corrected chi connectivity index (χ2v) is 5.04. The van der Waals surface area contributed by atoms with Gasteiger partial charge in [0.1, 0.15) is 5.75 Å². The highest BCUT2D eigenvalue weighted by atomic mass is 16.5. The van der Waals surface area contributed by atoms with Crippen LogP contribution in [0.3, 0.4) is 0 Å². The molecule has 0 atom stereocenters. The number of carbonyl (C=O) groups is 1. The van der Waals surface area contributed by atoms with Gasteiger partial charge in [0, 0.05) is 17.8 Å². The number of anilines is 1. The van der Waals surface area contributed by atoms with Crippen LogP contribution in [0, 0.1) is 0 Å². The summed E-state index contributed by atoms with van der Waals surface area (Å²) in [5, 5.41) is 3.02. The lowest BCUT2D eigenvalue weighted by molar-refractivity contribution is 0.0926. The summed E-state index contributed by atoms with van der Waals surface area (Å²) in [6, 6.07) is 5.56. The van der Waals surface area contributed by atoms with Gasteiger partial charge in [-0.3, -0.25) is 4.79 Å². The molecule has 5 nitrogen and oxygen atoms in total. The van der Waals surface area contributed by atoms with E-state index in [-0.39, 0.29) is 18.0 Å². The van der Waals surface area contributed by atoms with Crippen LogP contribution < -0.4 is 21.5 Å². The number of carbonyl (C=O) groups excluding carboxylic acids is 1. The van der Waals surface area contributed by atoms with Crippen molar-refractivity contribution in [3.63, 3.8) is 0 Å². The maximum Gasteiger partial charge on any atom is 0.253 e. The molecule has 1 aromatic rings. The predicted molar refractivity (Wildman–Crippen MR) is 75.1 cm³/mol. The molecule has 5 N–H and O–H groups in total. The van der Waals surface area contributed by atoms with Crippen LogP contribution in [-0.2, 0) is 0 Å². The molecule has 1 aliphatic carbocycles. The second kappa shape index (κ2) is 5.93. The van der Waals surface area contributed by atoms with Crippen molar-refractivity contribution in [2.24, 2.45) is 5.73 Å². The van der Waals surface area contributed by atoms with Crippen molar-refractivity contribution in [3.8, 4) is 5.75 Å². The molecule has 0 radical (unpaired) electrons. The highest BCUT2D eigenvalue weighted by Gasteiger charge is 2.21. The first-order valence-corrected chi connectivity index (χ1v) is 6.60. The molecule has 1 amide bonds. The molecule has 1 saturated carbocycles. The molecule has 2 rings (SSSR count). The fourth-order valence-electron chi connectivity index (χ4n) is 2.39. The van der Waals surface area contributed by atoms with Gasteiger partial charge in [-0.25, -0.2) is 0 Å². The third-order valence-corrected chi connectivity index (χ3v) is 3.61. The van der Waals surface area contributed by atoms with E-state index in [1.54, 1.807) is 25.3 Å². The quantitative estimate of drug-likeness (QED) is 0.716. The Balaban J connectivity index is 2.03. The Morgan fingerprint density at radius 2 is 2.00 bits per heavy atom. The number of nitrogen functional groups attached to an aromatic ring is 1. The van der Waals surface area contributed by atoms with Gasteiger partial charge in [-0.05, 0) is 43.9 Å². The first-order valence-electron chi connectivity index (χ1n) is 6.60. The van der Waals surface area contributed by atoms with Crippen LogP contribution in [0.25, 0.3) is 0 Å². The molecule has 0 saturated heterocycles. The van der Waals surface area contributed by atoms with Crippen molar-refractivity contribution in [2.45, 2.75) is 37.8 Å². The standard InChI is InChI=1S/C14H21N3O2/c1-19-11-6-7-13(16)12(8-11)14(18)17-10-4-2-9(15)3-5-10/h6-10H,2-5,15-16H2,1H3,(H,17,18). The van der Waals surface area contributed by atoms with E-state index in [9.17, 15) is 4.79 Å². The monoisotopic (exact) mass is 263 g/mol. The van der Waals surface area contributed by atoms with Gasteiger partial charge in [-0.15, -0.1) is 0 Å². The Morgan fingerprint density at radius 3 is 2.63 bits per heavy atom. The van der Waals surface area contributed by atoms with E-state index in [0.29, 0.717) is 17.0 Å². The first kappa shape index (κ1) is 13.7. The molecule has 0 aromatic heterocycles. The lowest BCUT2D eigenvalue weighted by Crippen LogP contribution is -2.40. The molecule has 1 fully saturated rings. The number of hydrogen-bond donors (Lipinski definition) is 3. The third kappa shape index (κ3) is 3.38. The third-order valence-electron chi connectivity index (χ3n) is 3.61. The first-order chi connectivity index (χ1) is 9.10. The maximum atomic E-state index is 12.2. The number of amides is 1. The SMILES string of the molecule is COc1ccc(N)c(C(=O)NC2CCC(N)CC2)c1. The summed E-state index contributed by atoms with van der Waals surface area (Å²) in [5.74, 6) is 0.488. The van der Waals surface area contributed by atoms with E-state index in [2.05, 4.69) is 5.32 Å². The van der Waals surface area contributed by atoms with Crippen molar-refractivity contribution in [2.75, 3.05) is 12.8 Å². The van der Waals surface area contributed by atoms with E-state index in [1.807, 2.05) is 0 Å². The fraction of sp³-hybridized carbons (Fsp3) is 0.500. The Morgan fingerprint density at radius 1 is 1.32 bits per heavy atom. The molecule has 5 heteroatoms. The van der Waals surface area contributed by atoms with Crippen LogP contribution in [0.4, 0.5) is 5.69 Å². The summed E-state index contributed by atoms with van der Waals surface area (Å²) in [5.41, 5.74) is 12.6. The highest BCUT2D eigenvalue weighted by Crippen LogP contribution is 2.21. The van der Waals surface area contributed by atoms with Crippen molar-refractivity contribution >= 4 is 11.6 Å². The minimum atomic E-state index is -0.142. The summed E-state index contributed by atoms with van der Waals surface area (Å²) in [6.45, 7) is 0. The van der Waals surface area contributed by atoms with Crippen LogP contribution in [0.1, 0.15) is 36.0 Å². The molecule has 0 heterocycles. The van der Waals surface area contributed by atoms with Gasteiger partial charge in [0.05, 0.1) is 12.7 Å². The van der Waals surface area contributed by atoms with Gasteiger partial charge in [-0.1, -0.05) is 0 Å². The van der Waals surface area contributed by atoms with Crippen LogP contribution >= 0.6 is 0 Å². The minimum Gasteiger partial charge on any atom is -0.497 e. The van der Waals surface area contributed by atoms with Crippen molar-refractivity contribution < 1.29 is 9.53 Å². The molecule has 0 spiro atoms. The number of ether oxygens (including phenoxy) is 1. The van der Waals surface area contributed by atoms with E-state index >= 15 is 0 Å². The lowest BCUT2D eigenvalue weighted by atomic mass is 9.91. The van der Waals surface area contributed by atoms with Gasteiger partial charge >= 0.3 is 0 Å². The summed E-state index contributed by atoms with van der Waals surface area (Å²) >= 11 is 0. The second-order valence-electron chi connectivity index (χ2n) is 5.04. The molecular formula is C14H21N3O2. The Bertz CT molecular complexity index is 454. The molecule has 104 valence electrons. The summed E-state index contributed by atoms with van der Waals surface area (Å²) in [6.07, 6.45) is 3.77. The fourth-order valence-corrected chi connectivity index (χ4v) is 2.39. The van der Waals surface area contributed by atoms with Crippen molar-refractivity contribution in [3.05, 3.63) is 23.8 Å². The molecule has 19 heavy (non-hydrogen) atoms. The smallest absolute Gasteiger partial charge is 0.253 e. The molecular weight excluding hydrogens is 242 g/mol. The number of methoxy groups -OCH3 is 1. The van der Waals surface area contributed by atoms with Crippen molar-refractivity contribution in [1.82, 2.24) is 5.32 Å². The Kier molecular flexibility index (Phi) is 4.27. The normalized spacial score (nSPS) is 22.8. The number of benzene rings is 1. The zero-order valence-electron chi connectivity index (χ0n) is 11.2.